The fraction of sp³-hybridized carbons (Fsp3) is 0.810. The number of rotatable bonds is 5. The van der Waals surface area contributed by atoms with Crippen LogP contribution in [0.5, 0.6) is 0 Å². The van der Waals surface area contributed by atoms with Crippen LogP contribution in [0.3, 0.4) is 0 Å². The monoisotopic (exact) mass is 486 g/mol. The second-order valence-corrected chi connectivity index (χ2v) is 19.0. The van der Waals surface area contributed by atoms with E-state index < -0.39 is 52.9 Å². The smallest absolute Gasteiger partial charge is 0.335 e. The Morgan fingerprint density at radius 1 is 1.00 bits per heavy atom. The van der Waals surface area contributed by atoms with Gasteiger partial charge in [-0.3, -0.25) is 14.3 Å². The molecule has 32 heavy (non-hydrogen) atoms. The molecule has 0 aromatic carbocycles. The molecule has 11 heteroatoms. The second kappa shape index (κ2) is 9.28. The third-order valence-corrected chi connectivity index (χ3v) is 17.0. The Morgan fingerprint density at radius 3 is 2.06 bits per heavy atom. The molecule has 9 nitrogen and oxygen atoms in total. The van der Waals surface area contributed by atoms with Gasteiger partial charge in [0.15, 0.2) is 6.23 Å². The summed E-state index contributed by atoms with van der Waals surface area (Å²) in [5, 5.41) is 11.2. The molecule has 1 aromatic rings. The molecule has 3 rings (SSSR count). The van der Waals surface area contributed by atoms with Gasteiger partial charge in [-0.05, 0) is 22.2 Å². The molecule has 2 aliphatic heterocycles. The van der Waals surface area contributed by atoms with Crippen molar-refractivity contribution < 1.29 is 22.8 Å². The summed E-state index contributed by atoms with van der Waals surface area (Å²) in [5.41, 5.74) is -0.551. The summed E-state index contributed by atoms with van der Waals surface area (Å²) in [5.74, 6) is 0. The van der Waals surface area contributed by atoms with Crippen molar-refractivity contribution in [3.05, 3.63) is 33.1 Å². The van der Waals surface area contributed by atoms with E-state index in [0.717, 1.165) is 0 Å². The van der Waals surface area contributed by atoms with Crippen LogP contribution >= 0.6 is 0 Å². The quantitative estimate of drug-likeness (QED) is 0.616. The van der Waals surface area contributed by atoms with Gasteiger partial charge >= 0.3 is 22.8 Å². The lowest BCUT2D eigenvalue weighted by Crippen LogP contribution is -2.65. The number of aromatic nitrogens is 2. The highest BCUT2D eigenvalue weighted by Crippen LogP contribution is 2.48. The molecule has 0 amide bonds. The standard InChI is InChI=1S/C21H38N2O7Si2/c1-12(2)31(13(3)4)27-11-16-19(29-32(30-31,14(5)6)15(7)8)18(25)20(28-16)23-10-9-17(24)22-21(23)26/h9-10,12-16,18-20,25H,11H2,1-8H3,(H,22,24,26)/t16-,18+,19-,20-/m1/s1. The number of hydrogen-bond acceptors (Lipinski definition) is 7. The normalized spacial score (nSPS) is 30.0. The Balaban J connectivity index is 2.08. The minimum absolute atomic E-state index is 0.108. The molecule has 0 bridgehead atoms. The first kappa shape index (κ1) is 25.5. The predicted octanol–water partition coefficient (Wildman–Crippen LogP) is 2.75. The van der Waals surface area contributed by atoms with Crippen LogP contribution < -0.4 is 11.2 Å². The molecule has 182 valence electrons. The van der Waals surface area contributed by atoms with Crippen molar-refractivity contribution in [2.45, 2.75) is 102 Å². The highest BCUT2D eigenvalue weighted by Gasteiger charge is 2.61. The van der Waals surface area contributed by atoms with E-state index in [9.17, 15) is 14.7 Å². The molecule has 1 aromatic heterocycles. The molecular formula is C21H38N2O7Si2. The van der Waals surface area contributed by atoms with Crippen molar-refractivity contribution in [1.29, 1.82) is 0 Å². The first-order valence-corrected chi connectivity index (χ1v) is 15.5. The van der Waals surface area contributed by atoms with E-state index in [2.05, 4.69) is 60.4 Å². The minimum Gasteiger partial charge on any atom is -0.414 e. The predicted molar refractivity (Wildman–Crippen MR) is 125 cm³/mol. The fourth-order valence-corrected chi connectivity index (χ4v) is 16.2. The van der Waals surface area contributed by atoms with Gasteiger partial charge in [-0.25, -0.2) is 4.79 Å². The first-order valence-electron chi connectivity index (χ1n) is 11.5. The van der Waals surface area contributed by atoms with Crippen molar-refractivity contribution in [2.24, 2.45) is 0 Å². The summed E-state index contributed by atoms with van der Waals surface area (Å²) in [7, 11) is -5.63. The van der Waals surface area contributed by atoms with Gasteiger partial charge in [0.1, 0.15) is 18.3 Å². The number of aromatic amines is 1. The third-order valence-electron chi connectivity index (χ3n) is 6.77. The van der Waals surface area contributed by atoms with Gasteiger partial charge in [0.2, 0.25) is 0 Å². The maximum absolute atomic E-state index is 12.4. The zero-order chi connectivity index (χ0) is 24.0. The Hall–Kier alpha value is -1.09. The highest BCUT2D eigenvalue weighted by atomic mass is 28.5. The van der Waals surface area contributed by atoms with E-state index in [-0.39, 0.29) is 28.8 Å². The highest BCUT2D eigenvalue weighted by molar-refractivity contribution is 6.83. The number of fused-ring (bicyclic) bond motifs is 1. The topological polar surface area (TPSA) is 112 Å². The molecule has 2 N–H and O–H groups in total. The summed E-state index contributed by atoms with van der Waals surface area (Å²) in [6.45, 7) is 17.2. The van der Waals surface area contributed by atoms with E-state index >= 15 is 0 Å². The van der Waals surface area contributed by atoms with Crippen molar-refractivity contribution >= 4 is 17.1 Å². The van der Waals surface area contributed by atoms with Gasteiger partial charge in [0.25, 0.3) is 5.56 Å². The average molecular weight is 487 g/mol. The van der Waals surface area contributed by atoms with Crippen LogP contribution in [0.15, 0.2) is 21.9 Å². The van der Waals surface area contributed by atoms with Crippen LogP contribution in [-0.4, -0.2) is 56.7 Å². The maximum Gasteiger partial charge on any atom is 0.335 e. The second-order valence-electron chi connectivity index (χ2n) is 10.1. The lowest BCUT2D eigenvalue weighted by Gasteiger charge is -2.51. The Morgan fingerprint density at radius 2 is 1.56 bits per heavy atom. The summed E-state index contributed by atoms with van der Waals surface area (Å²) in [6, 6.07) is 1.23. The number of nitrogens with one attached hydrogen (secondary N) is 1. The number of ether oxygens (including phenoxy) is 1. The Labute approximate surface area is 191 Å². The summed E-state index contributed by atoms with van der Waals surface area (Å²) in [4.78, 5) is 26.1. The maximum atomic E-state index is 12.4. The van der Waals surface area contributed by atoms with Crippen molar-refractivity contribution in [3.63, 3.8) is 0 Å². The van der Waals surface area contributed by atoms with Crippen LogP contribution in [0.2, 0.25) is 22.2 Å². The molecule has 2 aliphatic rings. The van der Waals surface area contributed by atoms with Gasteiger partial charge < -0.3 is 22.8 Å². The van der Waals surface area contributed by atoms with Gasteiger partial charge in [-0.1, -0.05) is 55.4 Å². The lowest BCUT2D eigenvalue weighted by atomic mass is 10.1. The SMILES string of the molecule is CC(C)[Si]1(C(C)C)OC[C@H]2O[C@@H](n3ccc(=O)[nH]c3=O)[C@@H](O)[C@@H]2O[Si](C(C)C)(C(C)C)O1. The molecule has 0 radical (unpaired) electrons. The fourth-order valence-electron chi connectivity index (χ4n) is 4.99. The van der Waals surface area contributed by atoms with E-state index in [1.165, 1.54) is 16.8 Å². The number of H-pyrrole nitrogens is 1. The van der Waals surface area contributed by atoms with E-state index in [1.807, 2.05) is 0 Å². The van der Waals surface area contributed by atoms with Crippen LogP contribution in [0.25, 0.3) is 0 Å². The van der Waals surface area contributed by atoms with Crippen molar-refractivity contribution in [1.82, 2.24) is 9.55 Å². The van der Waals surface area contributed by atoms with E-state index in [0.29, 0.717) is 0 Å². The molecular weight excluding hydrogens is 448 g/mol. The Kier molecular flexibility index (Phi) is 7.40. The van der Waals surface area contributed by atoms with Crippen LogP contribution in [0.4, 0.5) is 0 Å². The molecule has 0 unspecified atom stereocenters. The molecule has 0 saturated carbocycles. The van der Waals surface area contributed by atoms with Crippen molar-refractivity contribution in [3.8, 4) is 0 Å². The van der Waals surface area contributed by atoms with Gasteiger partial charge in [0, 0.05) is 12.3 Å². The lowest BCUT2D eigenvalue weighted by molar-refractivity contribution is -0.0600. The molecule has 2 saturated heterocycles. The van der Waals surface area contributed by atoms with Gasteiger partial charge in [-0.15, -0.1) is 0 Å². The van der Waals surface area contributed by atoms with Gasteiger partial charge in [0.05, 0.1) is 6.61 Å². The van der Waals surface area contributed by atoms with E-state index in [4.69, 9.17) is 17.7 Å². The summed E-state index contributed by atoms with van der Waals surface area (Å²) < 4.78 is 27.9. The average Bonchev–Trinajstić information content (AvgIpc) is 2.96. The zero-order valence-corrected chi connectivity index (χ0v) is 22.3. The summed E-state index contributed by atoms with van der Waals surface area (Å²) >= 11 is 0. The molecule has 0 spiro atoms. The number of nitrogens with zero attached hydrogens (tertiary/aromatic N) is 1. The van der Waals surface area contributed by atoms with Crippen LogP contribution in [-0.2, 0) is 17.7 Å². The largest absolute Gasteiger partial charge is 0.414 e. The van der Waals surface area contributed by atoms with E-state index in [1.54, 1.807) is 0 Å². The van der Waals surface area contributed by atoms with Crippen LogP contribution in [0, 0.1) is 0 Å². The Bertz CT molecular complexity index is 898. The van der Waals surface area contributed by atoms with Gasteiger partial charge in [-0.2, -0.15) is 0 Å². The van der Waals surface area contributed by atoms with Crippen LogP contribution in [0.1, 0.15) is 61.6 Å². The minimum atomic E-state index is -2.91. The zero-order valence-electron chi connectivity index (χ0n) is 20.3. The third kappa shape index (κ3) is 4.24. The molecule has 4 atom stereocenters. The number of aliphatic hydroxyl groups is 1. The molecule has 0 aliphatic carbocycles. The number of aliphatic hydroxyl groups excluding tert-OH is 1. The van der Waals surface area contributed by atoms with Crippen molar-refractivity contribution in [2.75, 3.05) is 6.61 Å². The molecule has 3 heterocycles. The number of hydrogen-bond donors (Lipinski definition) is 2. The first-order chi connectivity index (χ1) is 14.9. The molecule has 2 fully saturated rings. The summed E-state index contributed by atoms with van der Waals surface area (Å²) in [6.07, 6.45) is -2.04.